The van der Waals surface area contributed by atoms with Gasteiger partial charge in [-0.2, -0.15) is 9.29 Å². The van der Waals surface area contributed by atoms with E-state index in [1.807, 2.05) is 6.92 Å². The quantitative estimate of drug-likeness (QED) is 0.0403. The number of nitrogens with two attached hydrogens (primary N) is 1. The zero-order valence-corrected chi connectivity index (χ0v) is 41.9. The fraction of sp³-hybridized carbons (Fsp3) is 0.800. The summed E-state index contributed by atoms with van der Waals surface area (Å²) in [6.45, 7) is 3.50. The van der Waals surface area contributed by atoms with Crippen molar-refractivity contribution in [3.05, 3.63) is 34.9 Å². The molecule has 1 aromatic rings. The average Bonchev–Trinajstić information content (AvgIpc) is 3.26. The van der Waals surface area contributed by atoms with Gasteiger partial charge < -0.3 is 55.3 Å². The third-order valence-corrected chi connectivity index (χ3v) is 14.6. The summed E-state index contributed by atoms with van der Waals surface area (Å²) in [6.07, 6.45) is -1.18. The summed E-state index contributed by atoms with van der Waals surface area (Å²) in [4.78, 5) is 77.6. The van der Waals surface area contributed by atoms with Crippen LogP contribution in [0.4, 0.5) is 5.82 Å². The molecule has 2 aliphatic heterocycles. The lowest BCUT2D eigenvalue weighted by molar-refractivity contribution is -0.196. The Balaban J connectivity index is 1.91. The minimum Gasteiger partial charge on any atom is -0.462 e. The van der Waals surface area contributed by atoms with Gasteiger partial charge in [0.1, 0.15) is 36.6 Å². The lowest BCUT2D eigenvalue weighted by Crippen LogP contribution is -2.52. The number of carbonyl (C=O) groups excluding carboxylic acids is 3. The number of nitrogens with zero attached hydrogens (tertiary/aromatic N) is 2. The van der Waals surface area contributed by atoms with Crippen LogP contribution in [0, 0.1) is 17.8 Å². The number of phosphoric ester groups is 2. The summed E-state index contributed by atoms with van der Waals surface area (Å²) in [6, 6.07) is 1.18. The number of fused-ring (bicyclic) bond motifs is 3. The van der Waals surface area contributed by atoms with Crippen LogP contribution in [0.1, 0.15) is 149 Å². The molecule has 24 heteroatoms. The van der Waals surface area contributed by atoms with Gasteiger partial charge in [0.15, 0.2) is 6.10 Å². The smallest absolute Gasteiger partial charge is 0.462 e. The van der Waals surface area contributed by atoms with Gasteiger partial charge >= 0.3 is 33.3 Å². The Labute approximate surface area is 404 Å². The Kier molecular flexibility index (Phi) is 27.0. The van der Waals surface area contributed by atoms with E-state index in [0.717, 1.165) is 55.7 Å². The standard InChI is InChI=1S/C45H77N3O19P2/c1-4-5-11-17-31(49)21-22-34-36(51)26-37(52)35-25-32(50)18-14-15-20-41(54)65-33(27-62-40(53)19-13-10-8-6-7-9-12-16-30(2)3)28-63-68(58,59)67-69(60,61)64-29-38(43(56)42(34)55)66-44(35)48-24-23-39(46)47-45(48)57/h21-24,30-31,33-38,42-44,49,51-52,55-56H,4-20,25-29H2,1-3H3,(H,58,59)(H,60,61)(H2,46,47,57)/b22-21-/t31-,33+,34-,35-,36+,37-,38+,42-,43+,44+/m0/s1. The maximum atomic E-state index is 13.7. The van der Waals surface area contributed by atoms with Gasteiger partial charge in [-0.3, -0.25) is 28.0 Å². The Bertz CT molecular complexity index is 1900. The molecule has 69 heavy (non-hydrogen) atoms. The first kappa shape index (κ1) is 60.4. The zero-order valence-electron chi connectivity index (χ0n) is 40.1. The van der Waals surface area contributed by atoms with E-state index in [2.05, 4.69) is 23.1 Å². The maximum absolute atomic E-state index is 13.7. The van der Waals surface area contributed by atoms with Crippen molar-refractivity contribution in [2.45, 2.75) is 192 Å². The van der Waals surface area contributed by atoms with E-state index in [-0.39, 0.29) is 37.9 Å². The summed E-state index contributed by atoms with van der Waals surface area (Å²) >= 11 is 0. The van der Waals surface area contributed by atoms with Gasteiger partial charge in [-0.25, -0.2) is 13.9 Å². The number of unbranched alkanes of at least 4 members (excludes halogenated alkanes) is 8. The number of hydrogen-bond acceptors (Lipinski definition) is 19. The number of Topliss-reactive ketones (excluding diaryl/α,β-unsaturated/α-hetero) is 1. The highest BCUT2D eigenvalue weighted by Crippen LogP contribution is 2.60. The molecule has 3 heterocycles. The number of anilines is 1. The van der Waals surface area contributed by atoms with Crippen molar-refractivity contribution in [2.24, 2.45) is 17.8 Å². The SMILES string of the molecule is CCCCC[C@H](O)/C=C\[C@@H]1[C@H](O)[C@H](O)[C@H]2COP(=O)(O)OP(=O)(O)OC[C@@H](COC(=O)CCCCCCCCCC(C)C)OC(=O)CCCCC(=O)C[C@H]([C@H](n3ccc(N)nc3=O)O2)[C@@H](O)C[C@H]1O. The first-order valence-corrected chi connectivity index (χ1v) is 27.2. The van der Waals surface area contributed by atoms with E-state index in [1.54, 1.807) is 0 Å². The van der Waals surface area contributed by atoms with Gasteiger partial charge in [0.05, 0.1) is 37.6 Å². The molecular formula is C45H77N3O19P2. The average molecular weight is 1030 g/mol. The third-order valence-electron chi connectivity index (χ3n) is 12.0. The molecule has 2 aliphatic rings. The monoisotopic (exact) mass is 1030 g/mol. The molecule has 2 saturated heterocycles. The van der Waals surface area contributed by atoms with Crippen LogP contribution in [-0.4, -0.2) is 125 Å². The molecule has 2 unspecified atom stereocenters. The van der Waals surface area contributed by atoms with Crippen LogP contribution in [-0.2, 0) is 51.1 Å². The predicted molar refractivity (Wildman–Crippen MR) is 250 cm³/mol. The summed E-state index contributed by atoms with van der Waals surface area (Å²) in [5.41, 5.74) is 4.66. The van der Waals surface area contributed by atoms with E-state index in [1.165, 1.54) is 31.1 Å². The second-order valence-electron chi connectivity index (χ2n) is 18.4. The lowest BCUT2D eigenvalue weighted by Gasteiger charge is -2.40. The molecule has 2 fully saturated rings. The number of aliphatic hydroxyl groups is 5. The minimum atomic E-state index is -5.75. The molecular weight excluding hydrogens is 948 g/mol. The molecule has 0 amide bonds. The normalized spacial score (nSPS) is 31.3. The topological polar surface area (TPSA) is 343 Å². The second kappa shape index (κ2) is 30.8. The van der Waals surface area contributed by atoms with Gasteiger partial charge in [-0.05, 0) is 37.7 Å². The highest BCUT2D eigenvalue weighted by atomic mass is 31.3. The first-order chi connectivity index (χ1) is 32.6. The van der Waals surface area contributed by atoms with Crippen LogP contribution in [0.2, 0.25) is 0 Å². The summed E-state index contributed by atoms with van der Waals surface area (Å²) < 4.78 is 58.5. The number of nitrogen functional groups attached to an aromatic ring is 1. The van der Waals surface area contributed by atoms with Crippen molar-refractivity contribution in [2.75, 3.05) is 25.6 Å². The minimum absolute atomic E-state index is 0.0540. The van der Waals surface area contributed by atoms with Crippen LogP contribution < -0.4 is 11.4 Å². The highest BCUT2D eigenvalue weighted by molar-refractivity contribution is 7.61. The summed E-state index contributed by atoms with van der Waals surface area (Å²) in [7, 11) is -11.4. The molecule has 0 aromatic carbocycles. The molecule has 9 N–H and O–H groups in total. The van der Waals surface area contributed by atoms with Crippen molar-refractivity contribution in [1.82, 2.24) is 9.55 Å². The van der Waals surface area contributed by atoms with Gasteiger partial charge in [-0.15, -0.1) is 0 Å². The number of ether oxygens (including phenoxy) is 3. The molecule has 0 spiro atoms. The maximum Gasteiger partial charge on any atom is 0.481 e. The van der Waals surface area contributed by atoms with E-state index in [9.17, 15) is 63.6 Å². The number of esters is 2. The molecule has 0 radical (unpaired) electrons. The molecule has 396 valence electrons. The van der Waals surface area contributed by atoms with Crippen molar-refractivity contribution in [3.8, 4) is 0 Å². The van der Waals surface area contributed by atoms with Crippen molar-refractivity contribution in [3.63, 3.8) is 0 Å². The van der Waals surface area contributed by atoms with Crippen molar-refractivity contribution in [1.29, 1.82) is 0 Å². The van der Waals surface area contributed by atoms with Crippen LogP contribution in [0.5, 0.6) is 0 Å². The number of cyclic esters (lactones) is 1. The third kappa shape index (κ3) is 23.0. The second-order valence-corrected chi connectivity index (χ2v) is 21.5. The van der Waals surface area contributed by atoms with Crippen LogP contribution in [0.15, 0.2) is 29.2 Å². The molecule has 12 atom stereocenters. The fourth-order valence-electron chi connectivity index (χ4n) is 8.07. The van der Waals surface area contributed by atoms with E-state index in [0.29, 0.717) is 25.2 Å². The van der Waals surface area contributed by atoms with Gasteiger partial charge in [0, 0.05) is 50.1 Å². The first-order valence-electron chi connectivity index (χ1n) is 24.2. The molecule has 2 bridgehead atoms. The van der Waals surface area contributed by atoms with Gasteiger partial charge in [0.2, 0.25) is 0 Å². The summed E-state index contributed by atoms with van der Waals surface area (Å²) in [5.74, 6) is -4.49. The number of hydrogen-bond donors (Lipinski definition) is 8. The van der Waals surface area contributed by atoms with Gasteiger partial charge in [-0.1, -0.05) is 97.1 Å². The molecule has 1 aromatic heterocycles. The predicted octanol–water partition coefficient (Wildman–Crippen LogP) is 4.69. The number of rotatable bonds is 19. The fourth-order valence-corrected chi connectivity index (χ4v) is 10.2. The lowest BCUT2D eigenvalue weighted by atomic mass is 9.82. The Morgan fingerprint density at radius 1 is 0.899 bits per heavy atom. The van der Waals surface area contributed by atoms with E-state index in [4.69, 9.17) is 29.0 Å². The number of carbonyl (C=O) groups is 3. The number of aliphatic hydroxyl groups excluding tert-OH is 5. The van der Waals surface area contributed by atoms with Crippen LogP contribution >= 0.6 is 15.6 Å². The highest BCUT2D eigenvalue weighted by Gasteiger charge is 2.45. The van der Waals surface area contributed by atoms with Crippen molar-refractivity contribution < 1.29 is 86.4 Å². The van der Waals surface area contributed by atoms with E-state index >= 15 is 0 Å². The Hall–Kier alpha value is -2.95. The largest absolute Gasteiger partial charge is 0.481 e. The van der Waals surface area contributed by atoms with Crippen LogP contribution in [0.3, 0.4) is 0 Å². The molecule has 22 nitrogen and oxygen atoms in total. The summed E-state index contributed by atoms with van der Waals surface area (Å²) in [5, 5.41) is 57.3. The molecule has 0 aliphatic carbocycles. The van der Waals surface area contributed by atoms with Gasteiger partial charge in [0.25, 0.3) is 0 Å². The number of aromatic nitrogens is 2. The Morgan fingerprint density at radius 2 is 1.54 bits per heavy atom. The number of phosphoric acid groups is 2. The molecule has 0 saturated carbocycles. The van der Waals surface area contributed by atoms with Crippen molar-refractivity contribution >= 4 is 39.2 Å². The van der Waals surface area contributed by atoms with E-state index < -0.39 is 133 Å². The Morgan fingerprint density at radius 3 is 2.20 bits per heavy atom. The zero-order chi connectivity index (χ0) is 51.1. The number of ketones is 1. The van der Waals surface area contributed by atoms with Crippen LogP contribution in [0.25, 0.3) is 0 Å². The molecule has 3 rings (SSSR count).